The van der Waals surface area contributed by atoms with E-state index >= 15 is 0 Å². The lowest BCUT2D eigenvalue weighted by molar-refractivity contribution is 0.102. The molecule has 0 fully saturated rings. The van der Waals surface area contributed by atoms with E-state index < -0.39 is 0 Å². The highest BCUT2D eigenvalue weighted by molar-refractivity contribution is 9.10. The van der Waals surface area contributed by atoms with Crippen molar-refractivity contribution < 1.29 is 4.79 Å². The van der Waals surface area contributed by atoms with Gasteiger partial charge in [-0.1, -0.05) is 11.6 Å². The number of amides is 1. The van der Waals surface area contributed by atoms with Crippen LogP contribution in [0.1, 0.15) is 10.4 Å². The SMILES string of the molecule is Nc1ccc2c(C(=O)Nc3ccc(Br)c(Cl)c3)c[nH]c2c1. The smallest absolute Gasteiger partial charge is 0.257 e. The molecule has 0 spiro atoms. The number of aromatic amines is 1. The van der Waals surface area contributed by atoms with Gasteiger partial charge in [0.05, 0.1) is 10.6 Å². The zero-order chi connectivity index (χ0) is 15.0. The number of anilines is 2. The average Bonchev–Trinajstić information content (AvgIpc) is 2.85. The molecule has 0 saturated heterocycles. The summed E-state index contributed by atoms with van der Waals surface area (Å²) < 4.78 is 0.782. The van der Waals surface area contributed by atoms with Gasteiger partial charge >= 0.3 is 0 Å². The van der Waals surface area contributed by atoms with Crippen LogP contribution in [0.3, 0.4) is 0 Å². The summed E-state index contributed by atoms with van der Waals surface area (Å²) >= 11 is 9.33. The maximum Gasteiger partial charge on any atom is 0.257 e. The number of rotatable bonds is 2. The summed E-state index contributed by atoms with van der Waals surface area (Å²) in [5, 5.41) is 4.19. The molecule has 0 atom stereocenters. The summed E-state index contributed by atoms with van der Waals surface area (Å²) in [5.74, 6) is -0.204. The molecule has 21 heavy (non-hydrogen) atoms. The number of fused-ring (bicyclic) bond motifs is 1. The third kappa shape index (κ3) is 2.75. The van der Waals surface area contributed by atoms with Crippen molar-refractivity contribution in [2.45, 2.75) is 0 Å². The van der Waals surface area contributed by atoms with Gasteiger partial charge in [0.15, 0.2) is 0 Å². The van der Waals surface area contributed by atoms with Crippen molar-refractivity contribution >= 4 is 55.7 Å². The first-order chi connectivity index (χ1) is 10.0. The van der Waals surface area contributed by atoms with Gasteiger partial charge < -0.3 is 16.0 Å². The summed E-state index contributed by atoms with van der Waals surface area (Å²) in [6, 6.07) is 10.6. The van der Waals surface area contributed by atoms with Crippen LogP contribution in [-0.4, -0.2) is 10.9 Å². The van der Waals surface area contributed by atoms with Gasteiger partial charge in [0.2, 0.25) is 0 Å². The number of H-pyrrole nitrogens is 1. The zero-order valence-corrected chi connectivity index (χ0v) is 13.1. The number of carbonyl (C=O) groups is 1. The summed E-state index contributed by atoms with van der Waals surface area (Å²) in [6.45, 7) is 0. The van der Waals surface area contributed by atoms with Crippen molar-refractivity contribution in [2.24, 2.45) is 0 Å². The van der Waals surface area contributed by atoms with Gasteiger partial charge in [-0.3, -0.25) is 4.79 Å². The van der Waals surface area contributed by atoms with Crippen molar-refractivity contribution in [3.05, 3.63) is 57.7 Å². The molecule has 0 unspecified atom stereocenters. The summed E-state index contributed by atoms with van der Waals surface area (Å²) in [6.07, 6.45) is 1.67. The van der Waals surface area contributed by atoms with Crippen LogP contribution in [0.4, 0.5) is 11.4 Å². The van der Waals surface area contributed by atoms with Gasteiger partial charge in [0.1, 0.15) is 0 Å². The van der Waals surface area contributed by atoms with E-state index in [2.05, 4.69) is 26.2 Å². The molecule has 1 amide bonds. The Balaban J connectivity index is 1.91. The lowest BCUT2D eigenvalue weighted by Crippen LogP contribution is -2.11. The minimum atomic E-state index is -0.204. The van der Waals surface area contributed by atoms with E-state index in [0.29, 0.717) is 22.0 Å². The summed E-state index contributed by atoms with van der Waals surface area (Å²) in [4.78, 5) is 15.4. The quantitative estimate of drug-likeness (QED) is 0.589. The number of halogens is 2. The Morgan fingerprint density at radius 1 is 1.24 bits per heavy atom. The maximum absolute atomic E-state index is 12.4. The number of nitrogen functional groups attached to an aromatic ring is 1. The minimum Gasteiger partial charge on any atom is -0.399 e. The fourth-order valence-electron chi connectivity index (χ4n) is 2.10. The van der Waals surface area contributed by atoms with E-state index in [1.165, 1.54) is 0 Å². The highest BCUT2D eigenvalue weighted by atomic mass is 79.9. The van der Waals surface area contributed by atoms with E-state index in [9.17, 15) is 4.79 Å². The van der Waals surface area contributed by atoms with Crippen LogP contribution in [0, 0.1) is 0 Å². The highest BCUT2D eigenvalue weighted by Crippen LogP contribution is 2.26. The van der Waals surface area contributed by atoms with Gasteiger partial charge in [-0.25, -0.2) is 0 Å². The molecule has 0 aliphatic carbocycles. The molecule has 1 heterocycles. The van der Waals surface area contributed by atoms with Gasteiger partial charge in [-0.15, -0.1) is 0 Å². The van der Waals surface area contributed by atoms with Crippen LogP contribution in [0.5, 0.6) is 0 Å². The van der Waals surface area contributed by atoms with Gasteiger partial charge in [0.25, 0.3) is 5.91 Å². The molecule has 6 heteroatoms. The number of benzene rings is 2. The number of hydrogen-bond acceptors (Lipinski definition) is 2. The molecule has 0 bridgehead atoms. The first kappa shape index (κ1) is 14.0. The first-order valence-electron chi connectivity index (χ1n) is 6.17. The Hall–Kier alpha value is -1.98. The molecule has 3 rings (SSSR count). The molecule has 106 valence electrons. The topological polar surface area (TPSA) is 70.9 Å². The molecular weight excluding hydrogens is 354 g/mol. The maximum atomic E-state index is 12.4. The van der Waals surface area contributed by atoms with Crippen LogP contribution in [0.15, 0.2) is 47.1 Å². The Morgan fingerprint density at radius 2 is 2.05 bits per heavy atom. The third-order valence-corrected chi connectivity index (χ3v) is 4.36. The number of hydrogen-bond donors (Lipinski definition) is 3. The Bertz CT molecular complexity index is 844. The van der Waals surface area contributed by atoms with E-state index in [-0.39, 0.29) is 5.91 Å². The predicted octanol–water partition coefficient (Wildman–Crippen LogP) is 4.42. The van der Waals surface area contributed by atoms with Crippen molar-refractivity contribution in [1.29, 1.82) is 0 Å². The molecule has 4 nitrogen and oxygen atoms in total. The number of nitrogens with two attached hydrogens (primary N) is 1. The Kier molecular flexibility index (Phi) is 3.61. The number of aromatic nitrogens is 1. The van der Waals surface area contributed by atoms with Gasteiger partial charge in [0, 0.05) is 32.9 Å². The lowest BCUT2D eigenvalue weighted by atomic mass is 10.1. The van der Waals surface area contributed by atoms with Crippen LogP contribution in [0.25, 0.3) is 10.9 Å². The molecule has 4 N–H and O–H groups in total. The second-order valence-corrected chi connectivity index (χ2v) is 5.85. The minimum absolute atomic E-state index is 0.204. The molecule has 0 aliphatic rings. The summed E-state index contributed by atoms with van der Waals surface area (Å²) in [7, 11) is 0. The Morgan fingerprint density at radius 3 is 2.81 bits per heavy atom. The third-order valence-electron chi connectivity index (χ3n) is 3.13. The van der Waals surface area contributed by atoms with Gasteiger partial charge in [-0.05, 0) is 52.3 Å². The molecule has 0 radical (unpaired) electrons. The first-order valence-corrected chi connectivity index (χ1v) is 7.35. The van der Waals surface area contributed by atoms with Gasteiger partial charge in [-0.2, -0.15) is 0 Å². The molecule has 0 aliphatic heterocycles. The van der Waals surface area contributed by atoms with Crippen LogP contribution in [0.2, 0.25) is 5.02 Å². The lowest BCUT2D eigenvalue weighted by Gasteiger charge is -2.06. The van der Waals surface area contributed by atoms with Crippen LogP contribution >= 0.6 is 27.5 Å². The second kappa shape index (κ2) is 5.42. The molecule has 0 saturated carbocycles. The van der Waals surface area contributed by atoms with Crippen LogP contribution in [-0.2, 0) is 0 Å². The predicted molar refractivity (Wildman–Crippen MR) is 89.8 cm³/mol. The molecular formula is C15H11BrClN3O. The van der Waals surface area contributed by atoms with Crippen molar-refractivity contribution in [3.8, 4) is 0 Å². The highest BCUT2D eigenvalue weighted by Gasteiger charge is 2.12. The van der Waals surface area contributed by atoms with E-state index in [1.807, 2.05) is 6.07 Å². The summed E-state index contributed by atoms with van der Waals surface area (Å²) in [5.41, 5.74) is 8.40. The zero-order valence-electron chi connectivity index (χ0n) is 10.8. The molecule has 3 aromatic rings. The van der Waals surface area contributed by atoms with E-state index in [0.717, 1.165) is 15.4 Å². The standard InChI is InChI=1S/C15H11BrClN3O/c16-12-4-2-9(6-13(12)17)20-15(21)11-7-19-14-5-8(18)1-3-10(11)14/h1-7,19H,18H2,(H,20,21). The van der Waals surface area contributed by atoms with E-state index in [1.54, 1.807) is 36.5 Å². The number of carbonyl (C=O) groups excluding carboxylic acids is 1. The Labute approximate surface area is 134 Å². The van der Waals surface area contributed by atoms with E-state index in [4.69, 9.17) is 17.3 Å². The van der Waals surface area contributed by atoms with Crippen molar-refractivity contribution in [1.82, 2.24) is 4.98 Å². The molecule has 2 aromatic carbocycles. The largest absolute Gasteiger partial charge is 0.399 e. The van der Waals surface area contributed by atoms with Crippen molar-refractivity contribution in [2.75, 3.05) is 11.1 Å². The fraction of sp³-hybridized carbons (Fsp3) is 0. The monoisotopic (exact) mass is 363 g/mol. The normalized spacial score (nSPS) is 10.8. The van der Waals surface area contributed by atoms with Crippen molar-refractivity contribution in [3.63, 3.8) is 0 Å². The van der Waals surface area contributed by atoms with Crippen LogP contribution < -0.4 is 11.1 Å². The molecule has 1 aromatic heterocycles. The second-order valence-electron chi connectivity index (χ2n) is 4.59. The average molecular weight is 365 g/mol. The number of nitrogens with one attached hydrogen (secondary N) is 2. The fourth-order valence-corrected chi connectivity index (χ4v) is 2.53.